The van der Waals surface area contributed by atoms with Crippen LogP contribution in [0, 0.1) is 6.92 Å². The van der Waals surface area contributed by atoms with Crippen molar-refractivity contribution in [1.82, 2.24) is 0 Å². The summed E-state index contributed by atoms with van der Waals surface area (Å²) in [6, 6.07) is 65.4. The quantitative estimate of drug-likeness (QED) is 0.164. The van der Waals surface area contributed by atoms with E-state index in [9.17, 15) is 0 Å². The van der Waals surface area contributed by atoms with Crippen molar-refractivity contribution in [3.63, 3.8) is 0 Å². The second-order valence-corrected chi connectivity index (χ2v) is 20.6. The molecule has 1 aromatic heterocycles. The SMILES string of the molecule is Cc1cc2c3c(c1)N1c4ccccc4C(c4ccccc4)(c4ccccc4)c4cccc(c41)B3N(c1ccc3c(c1)C(C)(C)CCC3(C)C)c1c-2ccc2sc3ccccc3c12. The van der Waals surface area contributed by atoms with E-state index in [1.807, 2.05) is 11.3 Å². The van der Waals surface area contributed by atoms with Crippen molar-refractivity contribution in [2.24, 2.45) is 0 Å². The molecule has 0 N–H and O–H groups in total. The molecule has 3 aliphatic heterocycles. The van der Waals surface area contributed by atoms with Gasteiger partial charge in [0.25, 0.3) is 0 Å². The zero-order valence-corrected chi connectivity index (χ0v) is 36.8. The lowest BCUT2D eigenvalue weighted by atomic mass is 9.42. The minimum absolute atomic E-state index is 0.0602. The summed E-state index contributed by atoms with van der Waals surface area (Å²) in [6.45, 7) is 12.0. The highest BCUT2D eigenvalue weighted by molar-refractivity contribution is 7.26. The van der Waals surface area contributed by atoms with Crippen molar-refractivity contribution in [1.29, 1.82) is 0 Å². The number of aryl methyl sites for hydroxylation is 1. The van der Waals surface area contributed by atoms with Gasteiger partial charge >= 0.3 is 6.85 Å². The molecule has 4 heterocycles. The van der Waals surface area contributed by atoms with Gasteiger partial charge in [0.1, 0.15) is 0 Å². The van der Waals surface area contributed by atoms with E-state index < -0.39 is 5.41 Å². The van der Waals surface area contributed by atoms with Crippen LogP contribution in [-0.4, -0.2) is 6.85 Å². The fourth-order valence-corrected chi connectivity index (χ4v) is 13.4. The Morgan fingerprint density at radius 1 is 0.516 bits per heavy atom. The Balaban J connectivity index is 1.20. The van der Waals surface area contributed by atoms with Gasteiger partial charge in [0.2, 0.25) is 0 Å². The van der Waals surface area contributed by atoms with Crippen LogP contribution < -0.4 is 20.6 Å². The van der Waals surface area contributed by atoms with Crippen LogP contribution in [0.1, 0.15) is 79.5 Å². The normalized spacial score (nSPS) is 17.0. The predicted octanol–water partition coefficient (Wildman–Crippen LogP) is 14.1. The van der Waals surface area contributed by atoms with Gasteiger partial charge in [0, 0.05) is 48.5 Å². The van der Waals surface area contributed by atoms with E-state index in [4.69, 9.17) is 0 Å². The maximum atomic E-state index is 2.79. The lowest BCUT2D eigenvalue weighted by Crippen LogP contribution is -2.63. The smallest absolute Gasteiger partial charge is 0.333 e. The van der Waals surface area contributed by atoms with Crippen LogP contribution in [0.5, 0.6) is 0 Å². The second kappa shape index (κ2) is 12.6. The van der Waals surface area contributed by atoms with Crippen molar-refractivity contribution < 1.29 is 0 Å². The summed E-state index contributed by atoms with van der Waals surface area (Å²) in [5, 5.41) is 2.69. The van der Waals surface area contributed by atoms with E-state index >= 15 is 0 Å². The van der Waals surface area contributed by atoms with Crippen LogP contribution in [-0.2, 0) is 16.2 Å². The molecule has 0 fully saturated rings. The molecule has 13 rings (SSSR count). The molecule has 9 aromatic rings. The van der Waals surface area contributed by atoms with E-state index in [1.54, 1.807) is 0 Å². The van der Waals surface area contributed by atoms with E-state index in [-0.39, 0.29) is 17.7 Å². The first-order valence-electron chi connectivity index (χ1n) is 22.3. The first-order chi connectivity index (χ1) is 30.2. The second-order valence-electron chi connectivity index (χ2n) is 19.5. The molecular formula is C58H47BN2S. The Kier molecular flexibility index (Phi) is 7.39. The van der Waals surface area contributed by atoms with Crippen molar-refractivity contribution in [2.75, 3.05) is 9.71 Å². The molecule has 0 saturated heterocycles. The topological polar surface area (TPSA) is 6.48 Å². The Hall–Kier alpha value is -6.36. The minimum Gasteiger partial charge on any atom is -0.376 e. The monoisotopic (exact) mass is 814 g/mol. The fraction of sp³-hybridized carbons (Fsp3) is 0.172. The van der Waals surface area contributed by atoms with Gasteiger partial charge in [-0.3, -0.25) is 0 Å². The Labute approximate surface area is 369 Å². The molecule has 0 amide bonds. The van der Waals surface area contributed by atoms with Gasteiger partial charge in [0.05, 0.1) is 11.1 Å². The number of rotatable bonds is 3. The van der Waals surface area contributed by atoms with E-state index in [0.29, 0.717) is 0 Å². The summed E-state index contributed by atoms with van der Waals surface area (Å²) in [5.74, 6) is 0. The van der Waals surface area contributed by atoms with Crippen LogP contribution in [0.2, 0.25) is 0 Å². The first kappa shape index (κ1) is 36.3. The molecule has 8 aromatic carbocycles. The summed E-state index contributed by atoms with van der Waals surface area (Å²) in [6.07, 6.45) is 2.36. The highest BCUT2D eigenvalue weighted by Gasteiger charge is 2.53. The van der Waals surface area contributed by atoms with E-state index in [2.05, 4.69) is 214 Å². The van der Waals surface area contributed by atoms with E-state index in [0.717, 1.165) is 0 Å². The molecule has 0 bridgehead atoms. The molecular weight excluding hydrogens is 768 g/mol. The van der Waals surface area contributed by atoms with Gasteiger partial charge in [-0.25, -0.2) is 0 Å². The van der Waals surface area contributed by atoms with Crippen LogP contribution in [0.15, 0.2) is 170 Å². The number of thiophene rings is 1. The number of hydrogen-bond acceptors (Lipinski definition) is 3. The molecule has 4 heteroatoms. The van der Waals surface area contributed by atoms with E-state index in [1.165, 1.54) is 122 Å². The zero-order valence-electron chi connectivity index (χ0n) is 36.0. The van der Waals surface area contributed by atoms with Gasteiger partial charge in [-0.1, -0.05) is 161 Å². The third-order valence-corrected chi connectivity index (χ3v) is 16.3. The summed E-state index contributed by atoms with van der Waals surface area (Å²) < 4.78 is 2.67. The number of anilines is 5. The predicted molar refractivity (Wildman–Crippen MR) is 265 cm³/mol. The molecule has 298 valence electrons. The third-order valence-electron chi connectivity index (χ3n) is 15.2. The standard InChI is InChI=1S/C58H47BN2S/c1-36-33-42-40-28-30-51-52(41-21-12-15-26-50(41)62-51)54(40)61(39-27-29-43-46(35-39)57(4,5)32-31-56(43,2)3)59-47-24-16-23-45-55(47)60(49(34-36)53(42)59)48-25-14-13-22-44(48)58(45,37-17-8-6-9-18-37)38-19-10-7-11-20-38/h6-30,33-35H,31-32H2,1-5H3. The fourth-order valence-electron chi connectivity index (χ4n) is 12.3. The number of hydrogen-bond donors (Lipinski definition) is 0. The van der Waals surface area contributed by atoms with Crippen molar-refractivity contribution in [2.45, 2.75) is 63.7 Å². The largest absolute Gasteiger partial charge is 0.376 e. The Morgan fingerprint density at radius 2 is 1.19 bits per heavy atom. The lowest BCUT2D eigenvalue weighted by molar-refractivity contribution is 0.332. The third kappa shape index (κ3) is 4.66. The molecule has 1 aliphatic carbocycles. The molecule has 0 spiro atoms. The van der Waals surface area contributed by atoms with Gasteiger partial charge in [-0.15, -0.1) is 11.3 Å². The average molecular weight is 815 g/mol. The molecule has 4 aliphatic rings. The van der Waals surface area contributed by atoms with Crippen LogP contribution >= 0.6 is 11.3 Å². The summed E-state index contributed by atoms with van der Waals surface area (Å²) in [4.78, 5) is 5.43. The van der Waals surface area contributed by atoms with Gasteiger partial charge in [-0.2, -0.15) is 0 Å². The molecule has 0 unspecified atom stereocenters. The van der Waals surface area contributed by atoms with Crippen molar-refractivity contribution >= 4 is 77.7 Å². The first-order valence-corrected chi connectivity index (χ1v) is 23.2. The van der Waals surface area contributed by atoms with Gasteiger partial charge < -0.3 is 9.71 Å². The lowest BCUT2D eigenvalue weighted by Gasteiger charge is -2.52. The molecule has 62 heavy (non-hydrogen) atoms. The van der Waals surface area contributed by atoms with Crippen LogP contribution in [0.4, 0.5) is 28.4 Å². The van der Waals surface area contributed by atoms with Crippen LogP contribution in [0.3, 0.4) is 0 Å². The highest BCUT2D eigenvalue weighted by atomic mass is 32.1. The maximum absolute atomic E-state index is 2.79. The maximum Gasteiger partial charge on any atom is 0.333 e. The number of nitrogens with zero attached hydrogens (tertiary/aromatic N) is 2. The van der Waals surface area contributed by atoms with Crippen LogP contribution in [0.25, 0.3) is 31.3 Å². The Bertz CT molecular complexity index is 3300. The molecule has 0 atom stereocenters. The molecule has 0 radical (unpaired) electrons. The number of benzene rings is 8. The molecule has 0 saturated carbocycles. The highest BCUT2D eigenvalue weighted by Crippen LogP contribution is 2.60. The van der Waals surface area contributed by atoms with Gasteiger partial charge in [-0.05, 0) is 122 Å². The van der Waals surface area contributed by atoms with Crippen molar-refractivity contribution in [3.8, 4) is 11.1 Å². The number of fused-ring (bicyclic) bond motifs is 11. The number of para-hydroxylation sites is 2. The van der Waals surface area contributed by atoms with Gasteiger partial charge in [0.15, 0.2) is 0 Å². The molecule has 2 nitrogen and oxygen atoms in total. The van der Waals surface area contributed by atoms with Crippen molar-refractivity contribution in [3.05, 3.63) is 209 Å². The Morgan fingerprint density at radius 3 is 1.97 bits per heavy atom. The summed E-state index contributed by atoms with van der Waals surface area (Å²) >= 11 is 1.92. The zero-order chi connectivity index (χ0) is 41.7. The minimum atomic E-state index is -0.555. The summed E-state index contributed by atoms with van der Waals surface area (Å²) in [5.41, 5.74) is 20.8. The summed E-state index contributed by atoms with van der Waals surface area (Å²) in [7, 11) is 0. The average Bonchev–Trinajstić information content (AvgIpc) is 3.68.